The van der Waals surface area contributed by atoms with E-state index in [-0.39, 0.29) is 151 Å². The zero-order valence-corrected chi connectivity index (χ0v) is 49.6. The Hall–Kier alpha value is -3.91. The minimum atomic E-state index is -0.850. The monoisotopic (exact) mass is 1130 g/mol. The molecule has 326 valence electrons. The number of epoxide rings is 1. The summed E-state index contributed by atoms with van der Waals surface area (Å²) in [5, 5.41) is 48.3. The average Bonchev–Trinajstić information content (AvgIpc) is 3.89. The zero-order valence-electron chi connectivity index (χ0n) is 38.1. The summed E-state index contributed by atoms with van der Waals surface area (Å²) in [6.45, 7) is 9.88. The van der Waals surface area contributed by atoms with E-state index < -0.39 is 5.60 Å². The molecule has 0 bridgehead atoms. The Morgan fingerprint density at radius 1 is 0.818 bits per heavy atom. The van der Waals surface area contributed by atoms with Gasteiger partial charge < -0.3 is 21.4 Å². The zero-order chi connectivity index (χ0) is 44.7. The molecular weight excluding hydrogens is 1090 g/mol. The standard InChI is InChI=1S/C21H20N8O.C17H12N8.C4H8O.CH2O3.2Cs.H/c1-21(2,30)13-28-12-16(9-24-28)18-10-23-19-20(25-18)29(27-26-19)11-14-5-6-17-15(8-14)4-3-7-22-17;1-2-12-6-11(3-4-14(12)18-5-1)10-25-17-16(23-24-25)19-9-15(22-17)13-7-20-21-8-13;1-4(2)3-5-4;2-1-4-3;;;/h3-10,12,30H,11,13H2,1-2H3;1-9H,10H2,(H,20,21);3H2,1-2H3;1,3H;;;/q;;;;2*+1;-1/p-1. The number of rotatable bonds is 9. The molecule has 66 heavy (non-hydrogen) atoms. The van der Waals surface area contributed by atoms with Crippen molar-refractivity contribution in [2.45, 2.75) is 58.5 Å². The summed E-state index contributed by atoms with van der Waals surface area (Å²) in [4.78, 5) is 38.1. The number of aromatic nitrogens is 16. The van der Waals surface area contributed by atoms with Gasteiger partial charge in [0.25, 0.3) is 6.47 Å². The van der Waals surface area contributed by atoms with Crippen LogP contribution in [0, 0.1) is 0 Å². The van der Waals surface area contributed by atoms with E-state index in [1.165, 1.54) is 0 Å². The van der Waals surface area contributed by atoms with Crippen molar-refractivity contribution in [2.75, 3.05) is 6.61 Å². The van der Waals surface area contributed by atoms with E-state index in [1.54, 1.807) is 71.3 Å². The van der Waals surface area contributed by atoms with Gasteiger partial charge in [-0.1, -0.05) is 34.7 Å². The number of ether oxygens (including phenoxy) is 1. The van der Waals surface area contributed by atoms with Crippen molar-refractivity contribution < 1.29 is 164 Å². The molecule has 0 radical (unpaired) electrons. The van der Waals surface area contributed by atoms with Crippen molar-refractivity contribution in [3.63, 3.8) is 0 Å². The van der Waals surface area contributed by atoms with Crippen molar-refractivity contribution in [2.24, 2.45) is 0 Å². The van der Waals surface area contributed by atoms with E-state index in [1.807, 2.05) is 54.7 Å². The molecule has 21 nitrogen and oxygen atoms in total. The van der Waals surface area contributed by atoms with Crippen LogP contribution in [0.25, 0.3) is 66.9 Å². The van der Waals surface area contributed by atoms with Crippen molar-refractivity contribution >= 4 is 50.9 Å². The minimum Gasteiger partial charge on any atom is -1.00 e. The van der Waals surface area contributed by atoms with Crippen molar-refractivity contribution in [1.29, 1.82) is 0 Å². The van der Waals surface area contributed by atoms with Crippen LogP contribution in [0.1, 0.15) is 40.2 Å². The molecule has 1 aliphatic rings. The molecule has 0 saturated carbocycles. The summed E-state index contributed by atoms with van der Waals surface area (Å²) in [6.07, 6.45) is 14.0. The molecule has 23 heteroatoms. The van der Waals surface area contributed by atoms with E-state index in [0.29, 0.717) is 47.9 Å². The number of nitrogens with one attached hydrogen (secondary N) is 1. The van der Waals surface area contributed by atoms with Crippen LogP contribution < -0.4 is 143 Å². The first-order chi connectivity index (χ1) is 30.9. The molecule has 0 amide bonds. The number of hydrogen-bond donors (Lipinski definition) is 2. The number of H-pyrrole nitrogens is 1. The number of pyridine rings is 2. The molecule has 0 unspecified atom stereocenters. The Kier molecular flexibility index (Phi) is 18.3. The summed E-state index contributed by atoms with van der Waals surface area (Å²) in [5.41, 5.74) is 8.86. The summed E-state index contributed by atoms with van der Waals surface area (Å²) >= 11 is 0. The van der Waals surface area contributed by atoms with Crippen LogP contribution in [0.2, 0.25) is 0 Å². The van der Waals surface area contributed by atoms with E-state index in [4.69, 9.17) is 19.8 Å². The number of nitrogens with zero attached hydrogens (tertiary/aromatic N) is 15. The molecule has 1 saturated heterocycles. The third-order valence-electron chi connectivity index (χ3n) is 9.49. The Morgan fingerprint density at radius 3 is 1.79 bits per heavy atom. The SMILES string of the molecule is CC(C)(O)Cn1cc(-c2cnc3nnn(Cc4ccc5ncccc5c4)c3n2)cn1.CC1(C)CO1.O=CO[O-].[Cs+].[Cs+].[H-].c1cnc2ccc(Cn3nnc4ncc(-c5cn[nH]c5)nc43)cc2c1. The number of carbonyl (C=O) groups is 1. The Morgan fingerprint density at radius 2 is 1.33 bits per heavy atom. The Balaban J connectivity index is 0.000000206. The molecule has 2 N–H and O–H groups in total. The molecule has 10 aromatic rings. The topological polar surface area (TPSA) is 267 Å². The van der Waals surface area contributed by atoms with Gasteiger partial charge in [-0.3, -0.25) is 24.5 Å². The molecule has 11 rings (SSSR count). The van der Waals surface area contributed by atoms with Crippen LogP contribution in [-0.4, -0.2) is 109 Å². The summed E-state index contributed by atoms with van der Waals surface area (Å²) in [6, 6.07) is 20.2. The van der Waals surface area contributed by atoms with E-state index in [2.05, 4.69) is 91.7 Å². The van der Waals surface area contributed by atoms with Crippen molar-refractivity contribution in [3.05, 3.63) is 121 Å². The molecule has 9 heterocycles. The van der Waals surface area contributed by atoms with Gasteiger partial charge in [-0.2, -0.15) is 10.2 Å². The van der Waals surface area contributed by atoms with Crippen molar-refractivity contribution in [3.8, 4) is 22.5 Å². The number of aliphatic hydroxyl groups is 1. The maximum absolute atomic E-state index is 9.99. The van der Waals surface area contributed by atoms with Crippen LogP contribution in [0.15, 0.2) is 110 Å². The summed E-state index contributed by atoms with van der Waals surface area (Å²) in [5.74, 6) is 0. The van der Waals surface area contributed by atoms with E-state index in [9.17, 15) is 5.11 Å². The third kappa shape index (κ3) is 13.8. The molecule has 2 aromatic carbocycles. The first-order valence-corrected chi connectivity index (χ1v) is 19.8. The van der Waals surface area contributed by atoms with Crippen LogP contribution in [0.4, 0.5) is 0 Å². The van der Waals surface area contributed by atoms with Crippen LogP contribution in [-0.2, 0) is 34.1 Å². The van der Waals surface area contributed by atoms with Gasteiger partial charge in [0, 0.05) is 46.7 Å². The predicted molar refractivity (Wildman–Crippen MR) is 231 cm³/mol. The molecule has 0 aliphatic carbocycles. The third-order valence-corrected chi connectivity index (χ3v) is 9.49. The van der Waals surface area contributed by atoms with Gasteiger partial charge in [-0.25, -0.2) is 29.3 Å². The fraction of sp³-hybridized carbons (Fsp3) is 0.233. The normalized spacial score (nSPS) is 12.4. The van der Waals surface area contributed by atoms with Crippen LogP contribution >= 0.6 is 0 Å². The van der Waals surface area contributed by atoms with E-state index >= 15 is 0 Å². The van der Waals surface area contributed by atoms with E-state index in [0.717, 1.165) is 56.4 Å². The average molecular weight is 1130 g/mol. The molecule has 1 fully saturated rings. The largest absolute Gasteiger partial charge is 1.00 e. The van der Waals surface area contributed by atoms with Gasteiger partial charge in [0.2, 0.25) is 11.3 Å². The number of carbonyl (C=O) groups excluding carboxylic acids is 1. The molecule has 1 aliphatic heterocycles. The number of benzene rings is 2. The number of hydrogen-bond acceptors (Lipinski definition) is 17. The predicted octanol–water partition coefficient (Wildman–Crippen LogP) is -1.99. The first-order valence-electron chi connectivity index (χ1n) is 19.8. The van der Waals surface area contributed by atoms with Crippen molar-refractivity contribution in [1.82, 2.24) is 79.9 Å². The quantitative estimate of drug-likeness (QED) is 0.0686. The van der Waals surface area contributed by atoms with Gasteiger partial charge in [-0.15, -0.1) is 10.2 Å². The minimum absolute atomic E-state index is 0. The van der Waals surface area contributed by atoms with Crippen LogP contribution in [0.5, 0.6) is 0 Å². The van der Waals surface area contributed by atoms with Gasteiger partial charge in [0.05, 0.1) is 84.7 Å². The van der Waals surface area contributed by atoms with Crippen LogP contribution in [0.3, 0.4) is 0 Å². The smallest absolute Gasteiger partial charge is 1.00 e. The van der Waals surface area contributed by atoms with Gasteiger partial charge in [-0.05, 0) is 75.2 Å². The Bertz CT molecular complexity index is 3170. The van der Waals surface area contributed by atoms with Gasteiger partial charge in [0.1, 0.15) is 0 Å². The fourth-order valence-corrected chi connectivity index (χ4v) is 6.31. The van der Waals surface area contributed by atoms with Gasteiger partial charge in [0.15, 0.2) is 11.3 Å². The molecular formula is C43H42Cs2N16O5. The number of aromatic amines is 1. The molecule has 0 atom stereocenters. The number of fused-ring (bicyclic) bond motifs is 4. The Labute approximate surface area is 495 Å². The fourth-order valence-electron chi connectivity index (χ4n) is 6.31. The first kappa shape index (κ1) is 51.5. The summed E-state index contributed by atoms with van der Waals surface area (Å²) in [7, 11) is 0. The second kappa shape index (κ2) is 23.4. The maximum Gasteiger partial charge on any atom is 1.00 e. The second-order valence-corrected chi connectivity index (χ2v) is 15.8. The maximum atomic E-state index is 9.99. The van der Waals surface area contributed by atoms with Gasteiger partial charge >= 0.3 is 138 Å². The molecule has 8 aromatic heterocycles. The summed E-state index contributed by atoms with van der Waals surface area (Å²) < 4.78 is 10.1. The second-order valence-electron chi connectivity index (χ2n) is 15.8. The molecule has 0 spiro atoms.